The second-order valence-corrected chi connectivity index (χ2v) is 8.38. The normalized spacial score (nSPS) is 10.4. The first-order valence-corrected chi connectivity index (χ1v) is 10.8. The molecule has 0 aliphatic heterocycles. The number of carbonyl (C=O) groups excluding carboxylic acids is 2. The zero-order valence-corrected chi connectivity index (χ0v) is 17.7. The first kappa shape index (κ1) is 21.4. The molecule has 0 atom stereocenters. The van der Waals surface area contributed by atoms with Gasteiger partial charge in [0.15, 0.2) is 15.4 Å². The van der Waals surface area contributed by atoms with Crippen molar-refractivity contribution in [2.75, 3.05) is 20.0 Å². The van der Waals surface area contributed by atoms with Crippen LogP contribution >= 0.6 is 0 Å². The molecule has 0 bridgehead atoms. The van der Waals surface area contributed by atoms with Crippen LogP contribution in [0.5, 0.6) is 0 Å². The highest BCUT2D eigenvalue weighted by molar-refractivity contribution is 7.97. The molecule has 0 aliphatic carbocycles. The quantitative estimate of drug-likeness (QED) is 0.186. The first-order valence-electron chi connectivity index (χ1n) is 9.42. The van der Waals surface area contributed by atoms with E-state index in [-0.39, 0.29) is 5.57 Å². The van der Waals surface area contributed by atoms with E-state index < -0.39 is 22.8 Å². The summed E-state index contributed by atoms with van der Waals surface area (Å²) in [6.45, 7) is 0. The van der Waals surface area contributed by atoms with Gasteiger partial charge in [0, 0.05) is 5.57 Å². The van der Waals surface area contributed by atoms with Gasteiger partial charge in [0.1, 0.15) is 5.75 Å². The number of ether oxygens (including phenoxy) is 2. The Morgan fingerprint density at radius 1 is 0.667 bits per heavy atom. The molecule has 0 aliphatic rings. The van der Waals surface area contributed by atoms with E-state index in [0.717, 1.165) is 15.4 Å². The van der Waals surface area contributed by atoms with Gasteiger partial charge in [-0.05, 0) is 29.8 Å². The topological polar surface area (TPSA) is 52.6 Å². The van der Waals surface area contributed by atoms with Crippen molar-refractivity contribution in [2.24, 2.45) is 0 Å². The highest BCUT2D eigenvalue weighted by Gasteiger charge is 2.33. The van der Waals surface area contributed by atoms with Crippen molar-refractivity contribution in [3.63, 3.8) is 0 Å². The van der Waals surface area contributed by atoms with Gasteiger partial charge in [-0.3, -0.25) is 0 Å². The predicted molar refractivity (Wildman–Crippen MR) is 119 cm³/mol. The van der Waals surface area contributed by atoms with E-state index in [1.807, 2.05) is 66.7 Å². The molecule has 0 N–H and O–H groups in total. The molecule has 0 heterocycles. The van der Waals surface area contributed by atoms with Crippen LogP contribution in [0, 0.1) is 0 Å². The summed E-state index contributed by atoms with van der Waals surface area (Å²) < 4.78 is 9.87. The molecule has 5 heteroatoms. The van der Waals surface area contributed by atoms with Crippen LogP contribution < -0.4 is 0 Å². The summed E-state index contributed by atoms with van der Waals surface area (Å²) in [7, 11) is 2.12. The van der Waals surface area contributed by atoms with E-state index in [0.29, 0.717) is 11.3 Å². The third kappa shape index (κ3) is 4.99. The highest BCUT2D eigenvalue weighted by atomic mass is 32.2. The van der Waals surface area contributed by atoms with Crippen molar-refractivity contribution in [3.8, 4) is 0 Å². The fraction of sp³-hybridized carbons (Fsp3) is 0.120. The average Bonchev–Trinajstić information content (AvgIpc) is 2.82. The van der Waals surface area contributed by atoms with Crippen LogP contribution in [0.25, 0.3) is 5.57 Å². The van der Waals surface area contributed by atoms with Gasteiger partial charge in [-0.15, -0.1) is 0 Å². The average molecular weight is 420 g/mol. The number of rotatable bonds is 7. The van der Waals surface area contributed by atoms with Crippen molar-refractivity contribution in [1.29, 1.82) is 0 Å². The number of hydrogen-bond acceptors (Lipinski definition) is 4. The summed E-state index contributed by atoms with van der Waals surface area (Å²) in [6.07, 6.45) is 0. The van der Waals surface area contributed by atoms with Gasteiger partial charge < -0.3 is 9.47 Å². The molecule has 0 saturated heterocycles. The summed E-state index contributed by atoms with van der Waals surface area (Å²) in [5.74, 6) is -0.951. The standard InChI is InChI=1S/C25H23O4S/c1-28-24(26)23(25(27)29-2)22(19-12-6-3-7-13-19)18-30(20-14-8-4-9-15-20)21-16-10-5-11-17-21/h3-17H,18H2,1-2H3/q+1. The van der Waals surface area contributed by atoms with Gasteiger partial charge in [-0.1, -0.05) is 66.7 Å². The maximum atomic E-state index is 12.6. The smallest absolute Gasteiger partial charge is 0.345 e. The summed E-state index contributed by atoms with van der Waals surface area (Å²) in [4.78, 5) is 27.4. The van der Waals surface area contributed by atoms with Gasteiger partial charge >= 0.3 is 11.9 Å². The van der Waals surface area contributed by atoms with Crippen molar-refractivity contribution >= 4 is 28.4 Å². The monoisotopic (exact) mass is 419 g/mol. The zero-order chi connectivity index (χ0) is 21.3. The van der Waals surface area contributed by atoms with Crippen molar-refractivity contribution < 1.29 is 19.1 Å². The Hall–Kier alpha value is -3.31. The lowest BCUT2D eigenvalue weighted by Crippen LogP contribution is -2.21. The number of hydrogen-bond donors (Lipinski definition) is 0. The molecule has 0 saturated carbocycles. The van der Waals surface area contributed by atoms with E-state index >= 15 is 0 Å². The third-order valence-electron chi connectivity index (χ3n) is 4.55. The Bertz CT molecular complexity index is 957. The van der Waals surface area contributed by atoms with E-state index in [4.69, 9.17) is 9.47 Å². The SMILES string of the molecule is COC(=O)C(C(=O)OC)=C(C[S+](c1ccccc1)c1ccccc1)c1ccccc1. The number of carbonyl (C=O) groups is 2. The van der Waals surface area contributed by atoms with Gasteiger partial charge in [-0.25, -0.2) is 9.59 Å². The summed E-state index contributed by atoms with van der Waals surface area (Å²) in [5, 5.41) is 0. The van der Waals surface area contributed by atoms with Crippen LogP contribution in [0.3, 0.4) is 0 Å². The Balaban J connectivity index is 2.21. The van der Waals surface area contributed by atoms with Crippen LogP contribution in [0.1, 0.15) is 5.56 Å². The third-order valence-corrected chi connectivity index (χ3v) is 6.81. The molecule has 3 rings (SSSR count). The molecule has 0 aromatic heterocycles. The van der Waals surface area contributed by atoms with Gasteiger partial charge in [0.2, 0.25) is 0 Å². The highest BCUT2D eigenvalue weighted by Crippen LogP contribution is 2.31. The van der Waals surface area contributed by atoms with E-state index in [1.54, 1.807) is 0 Å². The maximum Gasteiger partial charge on any atom is 0.345 e. The van der Waals surface area contributed by atoms with E-state index in [9.17, 15) is 9.59 Å². The van der Waals surface area contributed by atoms with Crippen LogP contribution in [0.2, 0.25) is 0 Å². The van der Waals surface area contributed by atoms with Crippen LogP contribution in [-0.4, -0.2) is 31.9 Å². The van der Waals surface area contributed by atoms with Crippen molar-refractivity contribution in [2.45, 2.75) is 9.79 Å². The summed E-state index contributed by atoms with van der Waals surface area (Å²) >= 11 is 0. The molecule has 4 nitrogen and oxygen atoms in total. The Kier molecular flexibility index (Phi) is 7.46. The van der Waals surface area contributed by atoms with Crippen molar-refractivity contribution in [1.82, 2.24) is 0 Å². The first-order chi connectivity index (χ1) is 14.7. The maximum absolute atomic E-state index is 12.6. The molecule has 0 spiro atoms. The van der Waals surface area contributed by atoms with E-state index in [1.165, 1.54) is 14.2 Å². The predicted octanol–water partition coefficient (Wildman–Crippen LogP) is 4.52. The molecular formula is C25H23O4S+. The minimum atomic E-state index is -0.703. The number of benzene rings is 3. The Morgan fingerprint density at radius 2 is 1.07 bits per heavy atom. The number of methoxy groups -OCH3 is 2. The summed E-state index contributed by atoms with van der Waals surface area (Å²) in [5.41, 5.74) is 1.31. The van der Waals surface area contributed by atoms with Crippen LogP contribution in [0.4, 0.5) is 0 Å². The largest absolute Gasteiger partial charge is 0.465 e. The summed E-state index contributed by atoms with van der Waals surface area (Å²) in [6, 6.07) is 29.6. The Labute approximate surface area is 179 Å². The molecule has 0 unspecified atom stereocenters. The minimum absolute atomic E-state index is 0.0736. The van der Waals surface area contributed by atoms with Crippen LogP contribution in [-0.2, 0) is 30.0 Å². The van der Waals surface area contributed by atoms with Crippen LogP contribution in [0.15, 0.2) is 106 Å². The Morgan fingerprint density at radius 3 is 1.47 bits per heavy atom. The van der Waals surface area contributed by atoms with Crippen molar-refractivity contribution in [3.05, 3.63) is 102 Å². The van der Waals surface area contributed by atoms with Gasteiger partial charge in [0.25, 0.3) is 0 Å². The fourth-order valence-corrected chi connectivity index (χ4v) is 5.27. The second kappa shape index (κ2) is 10.5. The molecule has 3 aromatic rings. The lowest BCUT2D eigenvalue weighted by atomic mass is 10.0. The molecule has 0 fully saturated rings. The molecule has 0 radical (unpaired) electrons. The molecule has 30 heavy (non-hydrogen) atoms. The molecule has 3 aromatic carbocycles. The lowest BCUT2D eigenvalue weighted by molar-refractivity contribution is -0.143. The fourth-order valence-electron chi connectivity index (χ4n) is 3.09. The van der Waals surface area contributed by atoms with E-state index in [2.05, 4.69) is 24.3 Å². The second-order valence-electron chi connectivity index (χ2n) is 6.36. The molecule has 0 amide bonds. The van der Waals surface area contributed by atoms with Gasteiger partial charge in [-0.2, -0.15) is 0 Å². The number of esters is 2. The molecule has 152 valence electrons. The zero-order valence-electron chi connectivity index (χ0n) is 16.9. The molecular weight excluding hydrogens is 396 g/mol. The lowest BCUT2D eigenvalue weighted by Gasteiger charge is -2.15. The minimum Gasteiger partial charge on any atom is -0.465 e. The van der Waals surface area contributed by atoms with Gasteiger partial charge in [0.05, 0.1) is 25.1 Å².